The van der Waals surface area contributed by atoms with Crippen molar-refractivity contribution in [3.63, 3.8) is 0 Å². The van der Waals surface area contributed by atoms with Gasteiger partial charge in [-0.3, -0.25) is 4.98 Å². The molecule has 14 heavy (non-hydrogen) atoms. The Morgan fingerprint density at radius 1 is 1.29 bits per heavy atom. The zero-order chi connectivity index (χ0) is 9.97. The van der Waals surface area contributed by atoms with Crippen LogP contribution in [0.25, 0.3) is 5.57 Å². The fourth-order valence-electron chi connectivity index (χ4n) is 1.50. The Labute approximate surface area is 84.6 Å². The molecule has 0 radical (unpaired) electrons. The van der Waals surface area contributed by atoms with Crippen LogP contribution < -0.4 is 0 Å². The van der Waals surface area contributed by atoms with Gasteiger partial charge in [-0.15, -0.1) is 0 Å². The minimum atomic E-state index is 0.461. The van der Waals surface area contributed by atoms with Gasteiger partial charge in [0.05, 0.1) is 0 Å². The summed E-state index contributed by atoms with van der Waals surface area (Å²) < 4.78 is 0. The molecule has 0 bridgehead atoms. The van der Waals surface area contributed by atoms with Crippen molar-refractivity contribution in [1.29, 1.82) is 0 Å². The molecule has 0 spiro atoms. The Hall–Kier alpha value is -1.57. The Morgan fingerprint density at radius 3 is 2.64 bits per heavy atom. The number of allylic oxidation sites excluding steroid dienone is 2. The topological polar surface area (TPSA) is 16.1 Å². The molecule has 1 atom stereocenters. The molecule has 2 nitrogen and oxygen atoms in total. The molecule has 1 aromatic heterocycles. The average molecular weight is 186 g/mol. The highest BCUT2D eigenvalue weighted by atomic mass is 15.1. The van der Waals surface area contributed by atoms with Crippen LogP contribution in [0, 0.1) is 0 Å². The van der Waals surface area contributed by atoms with Gasteiger partial charge in [0.1, 0.15) is 0 Å². The maximum Gasteiger partial charge on any atom is 0.0445 e. The van der Waals surface area contributed by atoms with Gasteiger partial charge in [0.2, 0.25) is 0 Å². The van der Waals surface area contributed by atoms with E-state index in [0.717, 1.165) is 0 Å². The van der Waals surface area contributed by atoms with Crippen molar-refractivity contribution < 1.29 is 0 Å². The predicted octanol–water partition coefficient (Wildman–Crippen LogP) is 2.31. The van der Waals surface area contributed by atoms with E-state index in [2.05, 4.69) is 42.2 Å². The summed E-state index contributed by atoms with van der Waals surface area (Å²) >= 11 is 0. The summed E-state index contributed by atoms with van der Waals surface area (Å²) in [7, 11) is 2.08. The second kappa shape index (κ2) is 3.66. The van der Waals surface area contributed by atoms with Crippen LogP contribution in [0.15, 0.2) is 42.9 Å². The van der Waals surface area contributed by atoms with E-state index in [9.17, 15) is 0 Å². The quantitative estimate of drug-likeness (QED) is 0.669. The van der Waals surface area contributed by atoms with Crippen molar-refractivity contribution in [2.45, 2.75) is 13.0 Å². The van der Waals surface area contributed by atoms with Gasteiger partial charge in [-0.1, -0.05) is 6.08 Å². The van der Waals surface area contributed by atoms with Crippen molar-refractivity contribution in [3.8, 4) is 0 Å². The fraction of sp³-hybridized carbons (Fsp3) is 0.250. The summed E-state index contributed by atoms with van der Waals surface area (Å²) in [6, 6.07) is 4.53. The van der Waals surface area contributed by atoms with E-state index in [1.54, 1.807) is 0 Å². The Balaban J connectivity index is 2.30. The van der Waals surface area contributed by atoms with E-state index >= 15 is 0 Å². The summed E-state index contributed by atoms with van der Waals surface area (Å²) in [5, 5.41) is 0. The molecule has 0 amide bonds. The Morgan fingerprint density at radius 2 is 2.00 bits per heavy atom. The number of nitrogens with zero attached hydrogens (tertiary/aromatic N) is 2. The lowest BCUT2D eigenvalue weighted by Gasteiger charge is -2.24. The standard InChI is InChI=1S/C12H14N2/c1-10-9-12(5-8-14(10)2)11-3-6-13-7-4-11/h3-10H,1-2H3. The second-order valence-electron chi connectivity index (χ2n) is 3.58. The Bertz CT molecular complexity index is 365. The fourth-order valence-corrected chi connectivity index (χ4v) is 1.50. The van der Waals surface area contributed by atoms with E-state index in [1.807, 2.05) is 24.5 Å². The molecular formula is C12H14N2. The molecule has 0 fully saturated rings. The molecule has 2 heteroatoms. The number of hydrogen-bond donors (Lipinski definition) is 0. The lowest BCUT2D eigenvalue weighted by atomic mass is 10.0. The summed E-state index contributed by atoms with van der Waals surface area (Å²) in [6.45, 7) is 2.19. The monoisotopic (exact) mass is 186 g/mol. The van der Waals surface area contributed by atoms with Crippen molar-refractivity contribution in [3.05, 3.63) is 48.4 Å². The minimum absolute atomic E-state index is 0.461. The van der Waals surface area contributed by atoms with Crippen LogP contribution in [0.5, 0.6) is 0 Å². The molecule has 2 rings (SSSR count). The highest BCUT2D eigenvalue weighted by molar-refractivity contribution is 5.74. The summed E-state index contributed by atoms with van der Waals surface area (Å²) in [6.07, 6.45) is 10.2. The normalized spacial score (nSPS) is 20.9. The SMILES string of the molecule is CC1C=C(c2ccncc2)C=CN1C. The zero-order valence-corrected chi connectivity index (χ0v) is 8.51. The molecule has 1 unspecified atom stereocenters. The summed E-state index contributed by atoms with van der Waals surface area (Å²) in [5.41, 5.74) is 2.51. The zero-order valence-electron chi connectivity index (χ0n) is 8.51. The molecule has 0 aromatic carbocycles. The van der Waals surface area contributed by atoms with E-state index in [-0.39, 0.29) is 0 Å². The largest absolute Gasteiger partial charge is 0.374 e. The van der Waals surface area contributed by atoms with Crippen molar-refractivity contribution in [2.24, 2.45) is 0 Å². The van der Waals surface area contributed by atoms with Crippen LogP contribution in [0.1, 0.15) is 12.5 Å². The molecule has 1 aliphatic heterocycles. The number of aromatic nitrogens is 1. The maximum absolute atomic E-state index is 4.01. The number of likely N-dealkylation sites (N-methyl/N-ethyl adjacent to an activating group) is 1. The molecule has 0 N–H and O–H groups in total. The third-order valence-corrected chi connectivity index (χ3v) is 2.57. The maximum atomic E-state index is 4.01. The highest BCUT2D eigenvalue weighted by Gasteiger charge is 2.09. The third kappa shape index (κ3) is 1.69. The van der Waals surface area contributed by atoms with E-state index < -0.39 is 0 Å². The van der Waals surface area contributed by atoms with E-state index in [0.29, 0.717) is 6.04 Å². The lowest BCUT2D eigenvalue weighted by Crippen LogP contribution is -2.23. The van der Waals surface area contributed by atoms with Gasteiger partial charge in [0.25, 0.3) is 0 Å². The predicted molar refractivity (Wildman–Crippen MR) is 58.6 cm³/mol. The molecule has 0 saturated heterocycles. The molecule has 0 aliphatic carbocycles. The molecule has 72 valence electrons. The first kappa shape index (κ1) is 9.00. The molecular weight excluding hydrogens is 172 g/mol. The van der Waals surface area contributed by atoms with Gasteiger partial charge in [-0.2, -0.15) is 0 Å². The van der Waals surface area contributed by atoms with E-state index in [1.165, 1.54) is 11.1 Å². The molecule has 1 aromatic rings. The van der Waals surface area contributed by atoms with Crippen LogP contribution in [-0.4, -0.2) is 23.0 Å². The van der Waals surface area contributed by atoms with Crippen LogP contribution in [0.2, 0.25) is 0 Å². The van der Waals surface area contributed by atoms with Crippen LogP contribution in [0.3, 0.4) is 0 Å². The van der Waals surface area contributed by atoms with Gasteiger partial charge < -0.3 is 4.90 Å². The van der Waals surface area contributed by atoms with Crippen molar-refractivity contribution in [1.82, 2.24) is 9.88 Å². The van der Waals surface area contributed by atoms with Crippen molar-refractivity contribution in [2.75, 3.05) is 7.05 Å². The second-order valence-corrected chi connectivity index (χ2v) is 3.58. The Kier molecular flexibility index (Phi) is 2.35. The van der Waals surface area contributed by atoms with Crippen LogP contribution >= 0.6 is 0 Å². The van der Waals surface area contributed by atoms with Crippen LogP contribution in [-0.2, 0) is 0 Å². The number of rotatable bonds is 1. The van der Waals surface area contributed by atoms with Crippen molar-refractivity contribution >= 4 is 5.57 Å². The number of pyridine rings is 1. The first-order chi connectivity index (χ1) is 6.77. The molecule has 2 heterocycles. The molecule has 1 aliphatic rings. The van der Waals surface area contributed by atoms with Gasteiger partial charge in [0, 0.05) is 25.5 Å². The highest BCUT2D eigenvalue weighted by Crippen LogP contribution is 2.20. The van der Waals surface area contributed by atoms with Gasteiger partial charge in [0.15, 0.2) is 0 Å². The smallest absolute Gasteiger partial charge is 0.0445 e. The average Bonchev–Trinajstić information content (AvgIpc) is 2.23. The minimum Gasteiger partial charge on any atom is -0.374 e. The lowest BCUT2D eigenvalue weighted by molar-refractivity contribution is 0.404. The van der Waals surface area contributed by atoms with Gasteiger partial charge >= 0.3 is 0 Å². The van der Waals surface area contributed by atoms with Gasteiger partial charge in [-0.25, -0.2) is 0 Å². The summed E-state index contributed by atoms with van der Waals surface area (Å²) in [5.74, 6) is 0. The third-order valence-electron chi connectivity index (χ3n) is 2.57. The number of hydrogen-bond acceptors (Lipinski definition) is 2. The first-order valence-electron chi connectivity index (χ1n) is 4.80. The van der Waals surface area contributed by atoms with Gasteiger partial charge in [-0.05, 0) is 42.5 Å². The first-order valence-corrected chi connectivity index (χ1v) is 4.80. The summed E-state index contributed by atoms with van der Waals surface area (Å²) in [4.78, 5) is 6.20. The van der Waals surface area contributed by atoms with E-state index in [4.69, 9.17) is 0 Å². The molecule has 0 saturated carbocycles. The van der Waals surface area contributed by atoms with Crippen LogP contribution in [0.4, 0.5) is 0 Å².